The lowest BCUT2D eigenvalue weighted by molar-refractivity contribution is -0.119. The highest BCUT2D eigenvalue weighted by Crippen LogP contribution is 2.27. The average molecular weight is 475 g/mol. The Labute approximate surface area is 199 Å². The zero-order valence-electron chi connectivity index (χ0n) is 19.0. The summed E-state index contributed by atoms with van der Waals surface area (Å²) >= 11 is 0. The van der Waals surface area contributed by atoms with E-state index >= 15 is 0 Å². The lowest BCUT2D eigenvalue weighted by Crippen LogP contribution is -2.41. The molecular weight excluding hydrogens is 448 g/mol. The van der Waals surface area contributed by atoms with Crippen molar-refractivity contribution in [2.45, 2.75) is 25.3 Å². The Bertz CT molecular complexity index is 1370. The highest BCUT2D eigenvalue weighted by molar-refractivity contribution is 7.92. The van der Waals surface area contributed by atoms with Gasteiger partial charge in [-0.1, -0.05) is 42.5 Å². The molecule has 0 fully saturated rings. The van der Waals surface area contributed by atoms with Crippen molar-refractivity contribution >= 4 is 21.6 Å². The van der Waals surface area contributed by atoms with Gasteiger partial charge in [-0.3, -0.25) is 9.10 Å². The van der Waals surface area contributed by atoms with E-state index in [-0.39, 0.29) is 23.9 Å². The number of imidazole rings is 1. The van der Waals surface area contributed by atoms with Crippen LogP contribution in [0, 0.1) is 13.8 Å². The Morgan fingerprint density at radius 3 is 2.41 bits per heavy atom. The van der Waals surface area contributed by atoms with Crippen LogP contribution in [0.2, 0.25) is 0 Å². The predicted molar refractivity (Wildman–Crippen MR) is 132 cm³/mol. The second kappa shape index (κ2) is 9.93. The van der Waals surface area contributed by atoms with Crippen molar-refractivity contribution in [3.63, 3.8) is 0 Å². The Kier molecular flexibility index (Phi) is 6.79. The molecule has 1 N–H and O–H groups in total. The van der Waals surface area contributed by atoms with Gasteiger partial charge in [-0.15, -0.1) is 0 Å². The van der Waals surface area contributed by atoms with Crippen LogP contribution in [0.4, 0.5) is 5.69 Å². The second-order valence-electron chi connectivity index (χ2n) is 8.03. The van der Waals surface area contributed by atoms with Crippen molar-refractivity contribution < 1.29 is 13.2 Å². The molecule has 34 heavy (non-hydrogen) atoms. The summed E-state index contributed by atoms with van der Waals surface area (Å²) in [5.41, 5.74) is 4.04. The topological polar surface area (TPSA) is 84.3 Å². The Morgan fingerprint density at radius 1 is 1.00 bits per heavy atom. The van der Waals surface area contributed by atoms with Crippen LogP contribution in [0.3, 0.4) is 0 Å². The predicted octanol–water partition coefficient (Wildman–Crippen LogP) is 4.00. The number of hydrogen-bond acceptors (Lipinski definition) is 4. The van der Waals surface area contributed by atoms with Gasteiger partial charge in [0.25, 0.3) is 10.0 Å². The standard InChI is InChI=1S/C26H26N4O3S/c1-20-8-9-21(2)25(16-20)30(34(32,33)24-6-4-3-5-7-24)18-26(31)28-17-22-10-12-23(13-11-22)29-15-14-27-19-29/h3-16,19H,17-18H2,1-2H3,(H,28,31). The summed E-state index contributed by atoms with van der Waals surface area (Å²) in [6.07, 6.45) is 5.27. The molecule has 0 atom stereocenters. The summed E-state index contributed by atoms with van der Waals surface area (Å²) < 4.78 is 30.1. The number of amides is 1. The molecule has 0 spiro atoms. The van der Waals surface area contributed by atoms with Crippen LogP contribution >= 0.6 is 0 Å². The zero-order valence-corrected chi connectivity index (χ0v) is 19.9. The van der Waals surface area contributed by atoms with Crippen molar-refractivity contribution in [3.8, 4) is 5.69 Å². The molecule has 7 nitrogen and oxygen atoms in total. The van der Waals surface area contributed by atoms with Crippen molar-refractivity contribution in [2.75, 3.05) is 10.8 Å². The number of anilines is 1. The number of carbonyl (C=O) groups excluding carboxylic acids is 1. The fraction of sp³-hybridized carbons (Fsp3) is 0.154. The first-order chi connectivity index (χ1) is 16.3. The fourth-order valence-electron chi connectivity index (χ4n) is 3.59. The fourth-order valence-corrected chi connectivity index (χ4v) is 5.09. The quantitative estimate of drug-likeness (QED) is 0.418. The summed E-state index contributed by atoms with van der Waals surface area (Å²) in [5.74, 6) is -0.390. The first-order valence-corrected chi connectivity index (χ1v) is 12.3. The Hall–Kier alpha value is -3.91. The first kappa shape index (κ1) is 23.3. The third-order valence-corrected chi connectivity index (χ3v) is 7.25. The molecule has 0 aliphatic rings. The van der Waals surface area contributed by atoms with Gasteiger partial charge in [0.1, 0.15) is 6.54 Å². The monoisotopic (exact) mass is 474 g/mol. The highest BCUT2D eigenvalue weighted by atomic mass is 32.2. The van der Waals surface area contributed by atoms with Crippen molar-refractivity contribution in [3.05, 3.63) is 108 Å². The minimum Gasteiger partial charge on any atom is -0.350 e. The molecule has 174 valence electrons. The van der Waals surface area contributed by atoms with Gasteiger partial charge in [0.15, 0.2) is 0 Å². The normalized spacial score (nSPS) is 11.2. The Morgan fingerprint density at radius 2 is 1.74 bits per heavy atom. The summed E-state index contributed by atoms with van der Waals surface area (Å²) in [5, 5.41) is 2.85. The minimum absolute atomic E-state index is 0.138. The smallest absolute Gasteiger partial charge is 0.264 e. The molecule has 3 aromatic carbocycles. The van der Waals surface area contributed by atoms with Crippen LogP contribution < -0.4 is 9.62 Å². The highest BCUT2D eigenvalue weighted by Gasteiger charge is 2.28. The molecule has 4 aromatic rings. The van der Waals surface area contributed by atoms with Crippen molar-refractivity contribution in [2.24, 2.45) is 0 Å². The van der Waals surface area contributed by atoms with Crippen molar-refractivity contribution in [1.29, 1.82) is 0 Å². The van der Waals surface area contributed by atoms with Crippen LogP contribution in [0.5, 0.6) is 0 Å². The SMILES string of the molecule is Cc1ccc(C)c(N(CC(=O)NCc2ccc(-n3ccnc3)cc2)S(=O)(=O)c2ccccc2)c1. The lowest BCUT2D eigenvalue weighted by atomic mass is 10.1. The van der Waals surface area contributed by atoms with Crippen LogP contribution in [-0.2, 0) is 21.4 Å². The molecule has 1 aromatic heterocycles. The number of carbonyl (C=O) groups is 1. The molecule has 0 aliphatic heterocycles. The largest absolute Gasteiger partial charge is 0.350 e. The lowest BCUT2D eigenvalue weighted by Gasteiger charge is -2.26. The molecular formula is C26H26N4O3S. The van der Waals surface area contributed by atoms with E-state index in [2.05, 4.69) is 10.3 Å². The molecule has 0 bridgehead atoms. The maximum atomic E-state index is 13.5. The van der Waals surface area contributed by atoms with Crippen LogP contribution in [-0.4, -0.2) is 30.4 Å². The van der Waals surface area contributed by atoms with Gasteiger partial charge in [0, 0.05) is 24.6 Å². The Balaban J connectivity index is 1.53. The van der Waals surface area contributed by atoms with Gasteiger partial charge in [-0.25, -0.2) is 13.4 Å². The van der Waals surface area contributed by atoms with Gasteiger partial charge in [-0.05, 0) is 60.9 Å². The number of aryl methyl sites for hydroxylation is 2. The number of nitrogens with zero attached hydrogens (tertiary/aromatic N) is 3. The van der Waals surface area contributed by atoms with E-state index in [4.69, 9.17) is 0 Å². The molecule has 8 heteroatoms. The number of hydrogen-bond donors (Lipinski definition) is 1. The molecule has 0 unspecified atom stereocenters. The van der Waals surface area contributed by atoms with Gasteiger partial charge in [0.2, 0.25) is 5.91 Å². The van der Waals surface area contributed by atoms with Crippen LogP contribution in [0.15, 0.2) is 96.4 Å². The summed E-state index contributed by atoms with van der Waals surface area (Å²) in [6.45, 7) is 3.69. The van der Waals surface area contributed by atoms with E-state index in [9.17, 15) is 13.2 Å². The van der Waals surface area contributed by atoms with E-state index in [1.165, 1.54) is 16.4 Å². The maximum absolute atomic E-state index is 13.5. The summed E-state index contributed by atoms with van der Waals surface area (Å²) in [7, 11) is -3.94. The number of nitrogens with one attached hydrogen (secondary N) is 1. The van der Waals surface area contributed by atoms with E-state index < -0.39 is 10.0 Å². The van der Waals surface area contributed by atoms with Crippen LogP contribution in [0.1, 0.15) is 16.7 Å². The third kappa shape index (κ3) is 5.18. The van der Waals surface area contributed by atoms with E-state index in [0.29, 0.717) is 5.69 Å². The molecule has 0 saturated carbocycles. The van der Waals surface area contributed by atoms with E-state index in [1.54, 1.807) is 36.8 Å². The van der Waals surface area contributed by atoms with E-state index in [1.807, 2.05) is 61.0 Å². The van der Waals surface area contributed by atoms with Gasteiger partial charge in [-0.2, -0.15) is 0 Å². The summed E-state index contributed by atoms with van der Waals surface area (Å²) in [6, 6.07) is 21.4. The molecule has 0 radical (unpaired) electrons. The van der Waals surface area contributed by atoms with Crippen molar-refractivity contribution in [1.82, 2.24) is 14.9 Å². The first-order valence-electron chi connectivity index (χ1n) is 10.8. The zero-order chi connectivity index (χ0) is 24.1. The summed E-state index contributed by atoms with van der Waals surface area (Å²) in [4.78, 5) is 17.1. The second-order valence-corrected chi connectivity index (χ2v) is 9.89. The number of benzene rings is 3. The molecule has 4 rings (SSSR count). The van der Waals surface area contributed by atoms with Gasteiger partial charge >= 0.3 is 0 Å². The van der Waals surface area contributed by atoms with Gasteiger partial charge < -0.3 is 9.88 Å². The molecule has 0 aliphatic carbocycles. The average Bonchev–Trinajstić information content (AvgIpc) is 3.39. The maximum Gasteiger partial charge on any atom is 0.264 e. The van der Waals surface area contributed by atoms with E-state index in [0.717, 1.165) is 22.4 Å². The van der Waals surface area contributed by atoms with Crippen LogP contribution in [0.25, 0.3) is 5.69 Å². The number of aromatic nitrogens is 2. The minimum atomic E-state index is -3.94. The molecule has 0 saturated heterocycles. The molecule has 1 heterocycles. The van der Waals surface area contributed by atoms with Gasteiger partial charge in [0.05, 0.1) is 16.9 Å². The third-order valence-electron chi connectivity index (χ3n) is 5.48. The number of sulfonamides is 1. The number of rotatable bonds is 8. The molecule has 1 amide bonds.